The molecule has 0 unspecified atom stereocenters. The lowest BCUT2D eigenvalue weighted by Crippen LogP contribution is -1.98. The van der Waals surface area contributed by atoms with E-state index in [4.69, 9.17) is 14.7 Å². The Kier molecular flexibility index (Phi) is 4.71. The van der Waals surface area contributed by atoms with E-state index >= 15 is 0 Å². The number of aromatic amines is 1. The number of hydrogen-bond acceptors (Lipinski definition) is 4. The first-order valence-electron chi connectivity index (χ1n) is 9.06. The minimum Gasteiger partial charge on any atom is -0.469 e. The minimum atomic E-state index is 0.522. The van der Waals surface area contributed by atoms with Gasteiger partial charge >= 0.3 is 0 Å². The zero-order chi connectivity index (χ0) is 18.6. The van der Waals surface area contributed by atoms with Crippen molar-refractivity contribution in [2.24, 2.45) is 0 Å². The van der Waals surface area contributed by atoms with Gasteiger partial charge in [-0.25, -0.2) is 9.97 Å². The van der Waals surface area contributed by atoms with Crippen LogP contribution in [0.1, 0.15) is 28.9 Å². The molecule has 0 saturated carbocycles. The Hall–Kier alpha value is -3.39. The maximum Gasteiger partial charge on any atom is 0.104 e. The molecule has 1 aromatic carbocycles. The monoisotopic (exact) mass is 356 g/mol. The number of aryl methyl sites for hydroxylation is 4. The highest BCUT2D eigenvalue weighted by Crippen LogP contribution is 2.28. The summed E-state index contributed by atoms with van der Waals surface area (Å²) in [6.07, 6.45) is 8.13. The summed E-state index contributed by atoms with van der Waals surface area (Å²) >= 11 is 0. The first-order chi connectivity index (χ1) is 13.2. The molecule has 0 bridgehead atoms. The molecule has 0 radical (unpaired) electrons. The van der Waals surface area contributed by atoms with Crippen molar-refractivity contribution in [3.63, 3.8) is 0 Å². The number of nitrogens with zero attached hydrogens (tertiary/aromatic N) is 3. The van der Waals surface area contributed by atoms with E-state index in [0.717, 1.165) is 47.3 Å². The molecule has 0 spiro atoms. The Bertz CT molecular complexity index is 1090. The van der Waals surface area contributed by atoms with Crippen LogP contribution in [0.5, 0.6) is 0 Å². The molecule has 5 heteroatoms. The quantitative estimate of drug-likeness (QED) is 0.540. The van der Waals surface area contributed by atoms with Crippen molar-refractivity contribution in [3.8, 4) is 17.5 Å². The van der Waals surface area contributed by atoms with Gasteiger partial charge in [-0.05, 0) is 66.8 Å². The van der Waals surface area contributed by atoms with Crippen LogP contribution in [0.3, 0.4) is 0 Å². The van der Waals surface area contributed by atoms with Crippen molar-refractivity contribution in [1.29, 1.82) is 5.26 Å². The smallest absolute Gasteiger partial charge is 0.104 e. The number of furan rings is 1. The van der Waals surface area contributed by atoms with Gasteiger partial charge in [0, 0.05) is 18.2 Å². The summed E-state index contributed by atoms with van der Waals surface area (Å²) in [7, 11) is 0. The number of aromatic nitrogens is 3. The van der Waals surface area contributed by atoms with E-state index in [1.807, 2.05) is 12.1 Å². The number of nitriles is 1. The molecule has 134 valence electrons. The average Bonchev–Trinajstić information content (AvgIpc) is 3.38. The second-order valence-electron chi connectivity index (χ2n) is 6.67. The van der Waals surface area contributed by atoms with Crippen LogP contribution >= 0.6 is 0 Å². The molecule has 0 aliphatic carbocycles. The SMILES string of the molecule is Cc1cc2nc(-c3cnc[nH]3)cc(CCc3ccco3)c2cc1CCC#N. The fraction of sp³-hybridized carbons (Fsp3) is 0.227. The maximum absolute atomic E-state index is 8.94. The molecule has 0 aliphatic rings. The van der Waals surface area contributed by atoms with E-state index in [0.29, 0.717) is 6.42 Å². The van der Waals surface area contributed by atoms with Gasteiger partial charge in [0.2, 0.25) is 0 Å². The fourth-order valence-electron chi connectivity index (χ4n) is 3.41. The van der Waals surface area contributed by atoms with E-state index in [1.54, 1.807) is 18.8 Å². The van der Waals surface area contributed by atoms with Crippen molar-refractivity contribution in [1.82, 2.24) is 15.0 Å². The Labute approximate surface area is 157 Å². The third kappa shape index (κ3) is 3.61. The van der Waals surface area contributed by atoms with Gasteiger partial charge in [-0.2, -0.15) is 5.26 Å². The fourth-order valence-corrected chi connectivity index (χ4v) is 3.41. The van der Waals surface area contributed by atoms with Crippen LogP contribution in [0.2, 0.25) is 0 Å². The maximum atomic E-state index is 8.94. The van der Waals surface area contributed by atoms with E-state index in [1.165, 1.54) is 16.7 Å². The lowest BCUT2D eigenvalue weighted by Gasteiger charge is -2.12. The van der Waals surface area contributed by atoms with Gasteiger partial charge in [0.05, 0.1) is 41.8 Å². The molecule has 0 saturated heterocycles. The summed E-state index contributed by atoms with van der Waals surface area (Å²) in [5.41, 5.74) is 6.36. The Morgan fingerprint density at radius 2 is 2.07 bits per heavy atom. The molecule has 27 heavy (non-hydrogen) atoms. The topological polar surface area (TPSA) is 78.5 Å². The van der Waals surface area contributed by atoms with Crippen LogP contribution < -0.4 is 0 Å². The van der Waals surface area contributed by atoms with E-state index < -0.39 is 0 Å². The van der Waals surface area contributed by atoms with E-state index in [9.17, 15) is 0 Å². The standard InChI is InChI=1S/C22H20N4O/c1-15-10-20-19(11-16(15)4-2-8-23)17(6-7-18-5-3-9-27-18)12-21(26-20)22-13-24-14-25-22/h3,5,9-14H,2,4,6-7H2,1H3,(H,24,25). The summed E-state index contributed by atoms with van der Waals surface area (Å²) in [6.45, 7) is 2.08. The molecule has 0 aliphatic heterocycles. The predicted octanol–water partition coefficient (Wildman–Crippen LogP) is 4.77. The third-order valence-corrected chi connectivity index (χ3v) is 4.85. The van der Waals surface area contributed by atoms with Gasteiger partial charge in [-0.1, -0.05) is 0 Å². The largest absolute Gasteiger partial charge is 0.469 e. The Morgan fingerprint density at radius 1 is 1.15 bits per heavy atom. The van der Waals surface area contributed by atoms with Crippen molar-refractivity contribution in [2.75, 3.05) is 0 Å². The molecule has 3 aromatic heterocycles. The molecule has 5 nitrogen and oxygen atoms in total. The zero-order valence-corrected chi connectivity index (χ0v) is 15.2. The van der Waals surface area contributed by atoms with Gasteiger partial charge in [0.25, 0.3) is 0 Å². The molecule has 3 heterocycles. The van der Waals surface area contributed by atoms with Crippen LogP contribution in [0.25, 0.3) is 22.3 Å². The molecule has 0 fully saturated rings. The lowest BCUT2D eigenvalue weighted by atomic mass is 9.96. The molecule has 1 N–H and O–H groups in total. The third-order valence-electron chi connectivity index (χ3n) is 4.85. The van der Waals surface area contributed by atoms with Gasteiger partial charge < -0.3 is 9.40 Å². The number of benzene rings is 1. The van der Waals surface area contributed by atoms with Crippen LogP contribution in [-0.4, -0.2) is 15.0 Å². The van der Waals surface area contributed by atoms with Crippen LogP contribution in [-0.2, 0) is 19.3 Å². The van der Waals surface area contributed by atoms with Crippen molar-refractivity contribution >= 4 is 10.9 Å². The normalized spacial score (nSPS) is 11.0. The van der Waals surface area contributed by atoms with Crippen molar-refractivity contribution in [3.05, 3.63) is 71.6 Å². The predicted molar refractivity (Wildman–Crippen MR) is 104 cm³/mol. The number of imidazole rings is 1. The molecular formula is C22H20N4O. The highest BCUT2D eigenvalue weighted by atomic mass is 16.3. The molecule has 0 amide bonds. The second-order valence-corrected chi connectivity index (χ2v) is 6.67. The highest BCUT2D eigenvalue weighted by molar-refractivity contribution is 5.86. The summed E-state index contributed by atoms with van der Waals surface area (Å²) in [4.78, 5) is 12.1. The number of H-pyrrole nitrogens is 1. The number of pyridine rings is 1. The van der Waals surface area contributed by atoms with Crippen molar-refractivity contribution < 1.29 is 4.42 Å². The Morgan fingerprint density at radius 3 is 2.81 bits per heavy atom. The Balaban J connectivity index is 1.80. The number of hydrogen-bond donors (Lipinski definition) is 1. The van der Waals surface area contributed by atoms with Crippen LogP contribution in [0.4, 0.5) is 0 Å². The first-order valence-corrected chi connectivity index (χ1v) is 9.06. The van der Waals surface area contributed by atoms with E-state index in [2.05, 4.69) is 41.2 Å². The lowest BCUT2D eigenvalue weighted by molar-refractivity contribution is 0.509. The second kappa shape index (κ2) is 7.46. The first kappa shape index (κ1) is 17.0. The minimum absolute atomic E-state index is 0.522. The van der Waals surface area contributed by atoms with Crippen LogP contribution in [0.15, 0.2) is 53.5 Å². The molecule has 4 aromatic rings. The number of nitrogens with one attached hydrogen (secondary N) is 1. The van der Waals surface area contributed by atoms with E-state index in [-0.39, 0.29) is 0 Å². The highest BCUT2D eigenvalue weighted by Gasteiger charge is 2.12. The van der Waals surface area contributed by atoms with Gasteiger partial charge in [0.1, 0.15) is 5.76 Å². The average molecular weight is 356 g/mol. The summed E-state index contributed by atoms with van der Waals surface area (Å²) in [5, 5.41) is 10.1. The van der Waals surface area contributed by atoms with Gasteiger partial charge in [-0.3, -0.25) is 0 Å². The molecule has 4 rings (SSSR count). The van der Waals surface area contributed by atoms with Gasteiger partial charge in [0.15, 0.2) is 0 Å². The number of fused-ring (bicyclic) bond motifs is 1. The summed E-state index contributed by atoms with van der Waals surface area (Å²) in [6, 6.07) is 12.6. The molecular weight excluding hydrogens is 336 g/mol. The summed E-state index contributed by atoms with van der Waals surface area (Å²) < 4.78 is 5.50. The van der Waals surface area contributed by atoms with Crippen molar-refractivity contribution in [2.45, 2.75) is 32.6 Å². The zero-order valence-electron chi connectivity index (χ0n) is 15.2. The molecule has 0 atom stereocenters. The number of rotatable bonds is 6. The van der Waals surface area contributed by atoms with Gasteiger partial charge in [-0.15, -0.1) is 0 Å². The van der Waals surface area contributed by atoms with Crippen LogP contribution in [0, 0.1) is 18.3 Å². The summed E-state index contributed by atoms with van der Waals surface area (Å²) in [5.74, 6) is 0.972.